The van der Waals surface area contributed by atoms with Gasteiger partial charge in [-0.1, -0.05) is 5.16 Å². The number of nitrogens with zero attached hydrogens (tertiary/aromatic N) is 3. The highest BCUT2D eigenvalue weighted by Crippen LogP contribution is 1.97. The van der Waals surface area contributed by atoms with Gasteiger partial charge in [-0.05, 0) is 0 Å². The minimum Gasteiger partial charge on any atom is -0.341 e. The maximum Gasteiger partial charge on any atom is 0.316 e. The predicted molar refractivity (Wildman–Crippen MR) is 36.8 cm³/mol. The third-order valence-electron chi connectivity index (χ3n) is 1.06. The molecule has 1 aromatic rings. The zero-order valence-corrected chi connectivity index (χ0v) is 6.37. The summed E-state index contributed by atoms with van der Waals surface area (Å²) in [6.45, 7) is 3.40. The number of amides is 1. The van der Waals surface area contributed by atoms with Crippen molar-refractivity contribution in [3.05, 3.63) is 18.6 Å². The van der Waals surface area contributed by atoms with E-state index in [0.29, 0.717) is 0 Å². The lowest BCUT2D eigenvalue weighted by Gasteiger charge is -2.04. The lowest BCUT2D eigenvalue weighted by Crippen LogP contribution is -2.21. The first kappa shape index (κ1) is 7.71. The maximum atomic E-state index is 11.1. The molecule has 0 aromatic carbocycles. The van der Waals surface area contributed by atoms with Crippen LogP contribution in [0.5, 0.6) is 0 Å². The Balaban J connectivity index is 2.85. The third-order valence-corrected chi connectivity index (χ3v) is 1.06. The highest BCUT2D eigenvalue weighted by molar-refractivity contribution is 5.89. The third kappa shape index (κ3) is 1.54. The molecule has 0 spiro atoms. The molecular weight excluding hydrogens is 146 g/mol. The number of hydrogen-bond donors (Lipinski definition) is 0. The first-order chi connectivity index (χ1) is 5.11. The van der Waals surface area contributed by atoms with Gasteiger partial charge < -0.3 is 9.42 Å². The van der Waals surface area contributed by atoms with Crippen LogP contribution in [0.1, 0.15) is 16.5 Å². The van der Waals surface area contributed by atoms with Crippen molar-refractivity contribution < 1.29 is 9.32 Å². The Morgan fingerprint density at radius 2 is 2.27 bits per heavy atom. The first-order valence-corrected chi connectivity index (χ1v) is 2.98. The second-order valence-corrected chi connectivity index (χ2v) is 2.22. The highest BCUT2D eigenvalue weighted by Gasteiger charge is 2.14. The summed E-state index contributed by atoms with van der Waals surface area (Å²) in [6.07, 6.45) is 0. The Kier molecular flexibility index (Phi) is 1.89. The zero-order chi connectivity index (χ0) is 8.43. The van der Waals surface area contributed by atoms with Gasteiger partial charge in [0, 0.05) is 21.0 Å². The fourth-order valence-electron chi connectivity index (χ4n) is 0.532. The number of hydrogen-bond acceptors (Lipinski definition) is 4. The summed E-state index contributed by atoms with van der Waals surface area (Å²) >= 11 is 0. The molecule has 0 aliphatic rings. The van der Waals surface area contributed by atoms with E-state index in [9.17, 15) is 4.79 Å². The van der Waals surface area contributed by atoms with Gasteiger partial charge in [-0.3, -0.25) is 4.79 Å². The molecule has 1 rings (SSSR count). The predicted octanol–water partition coefficient (Wildman–Crippen LogP) is -0.0464. The molecule has 0 unspecified atom stereocenters. The summed E-state index contributed by atoms with van der Waals surface area (Å²) in [5.41, 5.74) is 0. The molecule has 0 saturated carbocycles. The molecule has 0 bridgehead atoms. The van der Waals surface area contributed by atoms with E-state index in [4.69, 9.17) is 0 Å². The SMILES string of the molecule is [CH2]c1noc(C(=O)N(C)C)n1. The molecule has 0 N–H and O–H groups in total. The van der Waals surface area contributed by atoms with Crippen LogP contribution >= 0.6 is 0 Å². The quantitative estimate of drug-likeness (QED) is 0.569. The van der Waals surface area contributed by atoms with E-state index in [-0.39, 0.29) is 17.6 Å². The molecule has 0 atom stereocenters. The van der Waals surface area contributed by atoms with Crippen LogP contribution in [0.2, 0.25) is 0 Å². The van der Waals surface area contributed by atoms with E-state index in [2.05, 4.69) is 21.6 Å². The molecular formula is C6H8N3O2. The molecule has 0 fully saturated rings. The maximum absolute atomic E-state index is 11.1. The molecule has 0 aliphatic carbocycles. The second-order valence-electron chi connectivity index (χ2n) is 2.22. The van der Waals surface area contributed by atoms with E-state index in [0.717, 1.165) is 0 Å². The van der Waals surface area contributed by atoms with Crippen LogP contribution in [-0.2, 0) is 0 Å². The molecule has 0 aliphatic heterocycles. The standard InChI is InChI=1S/C6H8N3O2/c1-4-7-5(11-8-4)6(10)9(2)3/h1H2,2-3H3. The lowest BCUT2D eigenvalue weighted by atomic mass is 10.5. The summed E-state index contributed by atoms with van der Waals surface area (Å²) in [5.74, 6) is -0.123. The zero-order valence-electron chi connectivity index (χ0n) is 6.37. The van der Waals surface area contributed by atoms with E-state index in [1.54, 1.807) is 14.1 Å². The Labute approximate surface area is 64.0 Å². The van der Waals surface area contributed by atoms with Gasteiger partial charge in [0.15, 0.2) is 5.82 Å². The Morgan fingerprint density at radius 1 is 1.64 bits per heavy atom. The lowest BCUT2D eigenvalue weighted by molar-refractivity contribution is 0.0779. The van der Waals surface area contributed by atoms with Gasteiger partial charge in [0.05, 0.1) is 0 Å². The second kappa shape index (κ2) is 2.69. The van der Waals surface area contributed by atoms with Gasteiger partial charge in [-0.15, -0.1) is 0 Å². The van der Waals surface area contributed by atoms with Crippen molar-refractivity contribution >= 4 is 5.91 Å². The summed E-state index contributed by atoms with van der Waals surface area (Å²) in [6, 6.07) is 0. The van der Waals surface area contributed by atoms with Gasteiger partial charge in [-0.25, -0.2) is 0 Å². The van der Waals surface area contributed by atoms with Gasteiger partial charge in [-0.2, -0.15) is 4.98 Å². The van der Waals surface area contributed by atoms with Crippen LogP contribution in [0.4, 0.5) is 0 Å². The van der Waals surface area contributed by atoms with E-state index >= 15 is 0 Å². The van der Waals surface area contributed by atoms with Crippen LogP contribution in [0.3, 0.4) is 0 Å². The summed E-state index contributed by atoms with van der Waals surface area (Å²) in [7, 11) is 3.21. The molecule has 1 radical (unpaired) electrons. The van der Waals surface area contributed by atoms with Crippen molar-refractivity contribution in [1.82, 2.24) is 15.0 Å². The molecule has 0 saturated heterocycles. The van der Waals surface area contributed by atoms with Crippen molar-refractivity contribution in [3.8, 4) is 0 Å². The van der Waals surface area contributed by atoms with Crippen molar-refractivity contribution in [1.29, 1.82) is 0 Å². The van der Waals surface area contributed by atoms with E-state index < -0.39 is 0 Å². The molecule has 1 amide bonds. The molecule has 5 nitrogen and oxygen atoms in total. The normalized spacial score (nSPS) is 9.73. The fourth-order valence-corrected chi connectivity index (χ4v) is 0.532. The number of aromatic nitrogens is 2. The average Bonchev–Trinajstić information content (AvgIpc) is 2.34. The minimum atomic E-state index is -0.313. The Hall–Kier alpha value is -1.39. The van der Waals surface area contributed by atoms with Gasteiger partial charge >= 0.3 is 11.8 Å². The van der Waals surface area contributed by atoms with Crippen LogP contribution < -0.4 is 0 Å². The number of rotatable bonds is 1. The van der Waals surface area contributed by atoms with Crippen LogP contribution in [0.15, 0.2) is 4.52 Å². The van der Waals surface area contributed by atoms with Crippen molar-refractivity contribution in [2.45, 2.75) is 0 Å². The smallest absolute Gasteiger partial charge is 0.316 e. The van der Waals surface area contributed by atoms with Crippen molar-refractivity contribution in [2.24, 2.45) is 0 Å². The monoisotopic (exact) mass is 154 g/mol. The van der Waals surface area contributed by atoms with Crippen molar-refractivity contribution in [2.75, 3.05) is 14.1 Å². The fraction of sp³-hybridized carbons (Fsp3) is 0.333. The first-order valence-electron chi connectivity index (χ1n) is 2.98. The highest BCUT2D eigenvalue weighted by atomic mass is 16.5. The summed E-state index contributed by atoms with van der Waals surface area (Å²) in [5, 5.41) is 3.38. The van der Waals surface area contributed by atoms with Crippen LogP contribution in [0, 0.1) is 6.92 Å². The van der Waals surface area contributed by atoms with Crippen molar-refractivity contribution in [3.63, 3.8) is 0 Å². The van der Waals surface area contributed by atoms with E-state index in [1.165, 1.54) is 4.90 Å². The minimum absolute atomic E-state index is 0.0278. The number of carbonyl (C=O) groups is 1. The van der Waals surface area contributed by atoms with Gasteiger partial charge in [0.25, 0.3) is 0 Å². The average molecular weight is 154 g/mol. The van der Waals surface area contributed by atoms with E-state index in [1.807, 2.05) is 0 Å². The molecule has 1 aromatic heterocycles. The van der Waals surface area contributed by atoms with Crippen LogP contribution in [-0.4, -0.2) is 35.0 Å². The topological polar surface area (TPSA) is 59.2 Å². The molecule has 5 heteroatoms. The van der Waals surface area contributed by atoms with Crippen LogP contribution in [0.25, 0.3) is 0 Å². The number of carbonyl (C=O) groups excluding carboxylic acids is 1. The largest absolute Gasteiger partial charge is 0.341 e. The Morgan fingerprint density at radius 3 is 2.64 bits per heavy atom. The summed E-state index contributed by atoms with van der Waals surface area (Å²) in [4.78, 5) is 16.1. The molecule has 11 heavy (non-hydrogen) atoms. The van der Waals surface area contributed by atoms with Gasteiger partial charge in [0.2, 0.25) is 0 Å². The summed E-state index contributed by atoms with van der Waals surface area (Å²) < 4.78 is 4.57. The molecule has 1 heterocycles. The van der Waals surface area contributed by atoms with Gasteiger partial charge in [0.1, 0.15) is 0 Å². The Bertz CT molecular complexity index is 267. The molecule has 59 valence electrons.